The number of benzene rings is 1. The smallest absolute Gasteiger partial charge is 0.0371 e. The molecule has 0 bridgehead atoms. The van der Waals surface area contributed by atoms with Crippen molar-refractivity contribution in [2.75, 3.05) is 18.0 Å². The summed E-state index contributed by atoms with van der Waals surface area (Å²) in [6, 6.07) is 7.38. The van der Waals surface area contributed by atoms with Gasteiger partial charge in [-0.1, -0.05) is 13.0 Å². The Morgan fingerprint density at radius 2 is 1.94 bits per heavy atom. The van der Waals surface area contributed by atoms with Gasteiger partial charge in [-0.25, -0.2) is 0 Å². The molecule has 0 saturated heterocycles. The van der Waals surface area contributed by atoms with Crippen LogP contribution in [0.3, 0.4) is 0 Å². The first-order valence-corrected chi connectivity index (χ1v) is 7.17. The summed E-state index contributed by atoms with van der Waals surface area (Å²) in [4.78, 5) is 2.43. The third-order valence-corrected chi connectivity index (χ3v) is 3.36. The van der Waals surface area contributed by atoms with E-state index in [-0.39, 0.29) is 0 Å². The molecule has 1 rings (SSSR count). The molecule has 0 heterocycles. The maximum absolute atomic E-state index is 3.46. The van der Waals surface area contributed by atoms with Crippen molar-refractivity contribution in [2.24, 2.45) is 0 Å². The Balaban J connectivity index is 2.78. The first-order chi connectivity index (χ1) is 8.60. The van der Waals surface area contributed by atoms with E-state index in [9.17, 15) is 0 Å². The lowest BCUT2D eigenvalue weighted by Gasteiger charge is -2.28. The lowest BCUT2D eigenvalue weighted by molar-refractivity contribution is 0.672. The molecule has 2 nitrogen and oxygen atoms in total. The molecule has 0 aliphatic rings. The van der Waals surface area contributed by atoms with Gasteiger partial charge in [0.05, 0.1) is 0 Å². The molecular formula is C16H28N2. The third kappa shape index (κ3) is 4.02. The van der Waals surface area contributed by atoms with Crippen LogP contribution in [0.25, 0.3) is 0 Å². The molecule has 1 aromatic rings. The second kappa shape index (κ2) is 7.42. The molecule has 102 valence electrons. The number of anilines is 1. The van der Waals surface area contributed by atoms with Gasteiger partial charge in [0.25, 0.3) is 0 Å². The number of aryl methyl sites for hydroxylation is 1. The monoisotopic (exact) mass is 248 g/mol. The second-order valence-electron chi connectivity index (χ2n) is 5.17. The summed E-state index contributed by atoms with van der Waals surface area (Å²) < 4.78 is 0. The average Bonchev–Trinajstić information content (AvgIpc) is 2.32. The molecule has 0 aliphatic heterocycles. The molecule has 0 amide bonds. The van der Waals surface area contributed by atoms with Crippen LogP contribution in [0, 0.1) is 6.92 Å². The first kappa shape index (κ1) is 15.0. The second-order valence-corrected chi connectivity index (χ2v) is 5.17. The van der Waals surface area contributed by atoms with Crippen LogP contribution in [-0.2, 0) is 6.54 Å². The van der Waals surface area contributed by atoms with Crippen molar-refractivity contribution in [3.63, 3.8) is 0 Å². The van der Waals surface area contributed by atoms with E-state index in [1.54, 1.807) is 0 Å². The van der Waals surface area contributed by atoms with E-state index in [0.717, 1.165) is 19.6 Å². The Morgan fingerprint density at radius 3 is 2.44 bits per heavy atom. The molecule has 0 aliphatic carbocycles. The quantitative estimate of drug-likeness (QED) is 0.740. The summed E-state index contributed by atoms with van der Waals surface area (Å²) in [5, 5.41) is 3.46. The molecule has 0 saturated carbocycles. The molecule has 18 heavy (non-hydrogen) atoms. The Morgan fingerprint density at radius 1 is 1.22 bits per heavy atom. The van der Waals surface area contributed by atoms with Crippen LogP contribution in [0.5, 0.6) is 0 Å². The average molecular weight is 248 g/mol. The highest BCUT2D eigenvalue weighted by Gasteiger charge is 2.09. The van der Waals surface area contributed by atoms with Crippen LogP contribution < -0.4 is 10.2 Å². The minimum Gasteiger partial charge on any atom is -0.369 e. The van der Waals surface area contributed by atoms with Gasteiger partial charge < -0.3 is 10.2 Å². The topological polar surface area (TPSA) is 15.3 Å². The van der Waals surface area contributed by atoms with E-state index < -0.39 is 0 Å². The maximum atomic E-state index is 3.46. The minimum absolute atomic E-state index is 0.554. The van der Waals surface area contributed by atoms with Gasteiger partial charge in [-0.3, -0.25) is 0 Å². The summed E-state index contributed by atoms with van der Waals surface area (Å²) >= 11 is 0. The van der Waals surface area contributed by atoms with Crippen LogP contribution in [0.15, 0.2) is 18.2 Å². The first-order valence-electron chi connectivity index (χ1n) is 7.17. The third-order valence-electron chi connectivity index (χ3n) is 3.36. The van der Waals surface area contributed by atoms with Crippen molar-refractivity contribution in [3.8, 4) is 0 Å². The highest BCUT2D eigenvalue weighted by molar-refractivity contribution is 5.51. The van der Waals surface area contributed by atoms with Gasteiger partial charge in [0.1, 0.15) is 0 Å². The van der Waals surface area contributed by atoms with Gasteiger partial charge in [0.2, 0.25) is 0 Å². The largest absolute Gasteiger partial charge is 0.369 e. The zero-order chi connectivity index (χ0) is 13.5. The summed E-state index contributed by atoms with van der Waals surface area (Å²) in [6.45, 7) is 14.2. The molecule has 0 fully saturated rings. The van der Waals surface area contributed by atoms with E-state index in [2.05, 4.69) is 63.0 Å². The van der Waals surface area contributed by atoms with Crippen molar-refractivity contribution in [2.45, 2.75) is 53.6 Å². The summed E-state index contributed by atoms with van der Waals surface area (Å²) in [5.41, 5.74) is 4.13. The molecule has 0 aromatic heterocycles. The van der Waals surface area contributed by atoms with Gasteiger partial charge >= 0.3 is 0 Å². The van der Waals surface area contributed by atoms with E-state index in [0.29, 0.717) is 6.04 Å². The van der Waals surface area contributed by atoms with Gasteiger partial charge in [-0.2, -0.15) is 0 Å². The molecule has 0 spiro atoms. The fourth-order valence-electron chi connectivity index (χ4n) is 2.30. The van der Waals surface area contributed by atoms with Gasteiger partial charge in [0, 0.05) is 24.8 Å². The number of hydrogen-bond donors (Lipinski definition) is 1. The van der Waals surface area contributed by atoms with Crippen LogP contribution in [-0.4, -0.2) is 19.1 Å². The Bertz CT molecular complexity index is 358. The lowest BCUT2D eigenvalue weighted by atomic mass is 10.1. The van der Waals surface area contributed by atoms with E-state index in [4.69, 9.17) is 0 Å². The zero-order valence-corrected chi connectivity index (χ0v) is 12.6. The molecule has 0 atom stereocenters. The van der Waals surface area contributed by atoms with Gasteiger partial charge in [-0.15, -0.1) is 0 Å². The van der Waals surface area contributed by atoms with Crippen molar-refractivity contribution in [1.82, 2.24) is 5.32 Å². The lowest BCUT2D eigenvalue weighted by Crippen LogP contribution is -2.30. The van der Waals surface area contributed by atoms with Crippen molar-refractivity contribution in [1.29, 1.82) is 0 Å². The zero-order valence-electron chi connectivity index (χ0n) is 12.6. The number of rotatable bonds is 7. The Kier molecular flexibility index (Phi) is 6.20. The van der Waals surface area contributed by atoms with Gasteiger partial charge in [0.15, 0.2) is 0 Å². The maximum Gasteiger partial charge on any atom is 0.0371 e. The summed E-state index contributed by atoms with van der Waals surface area (Å²) in [7, 11) is 0. The SMILES string of the molecule is CCCNCc1ccc(N(CC)C(C)C)cc1C. The van der Waals surface area contributed by atoms with Crippen molar-refractivity contribution in [3.05, 3.63) is 29.3 Å². The molecule has 0 unspecified atom stereocenters. The number of hydrogen-bond acceptors (Lipinski definition) is 2. The van der Waals surface area contributed by atoms with Crippen LogP contribution in [0.4, 0.5) is 5.69 Å². The number of nitrogens with one attached hydrogen (secondary N) is 1. The highest BCUT2D eigenvalue weighted by atomic mass is 15.1. The Hall–Kier alpha value is -1.02. The molecule has 1 N–H and O–H groups in total. The molecular weight excluding hydrogens is 220 g/mol. The highest BCUT2D eigenvalue weighted by Crippen LogP contribution is 2.21. The minimum atomic E-state index is 0.554. The normalized spacial score (nSPS) is 11.0. The van der Waals surface area contributed by atoms with E-state index in [1.807, 2.05) is 0 Å². The predicted octanol–water partition coefficient (Wildman–Crippen LogP) is 3.73. The number of nitrogens with zero attached hydrogens (tertiary/aromatic N) is 1. The summed E-state index contributed by atoms with van der Waals surface area (Å²) in [5.74, 6) is 0. The Labute approximate surface area is 112 Å². The van der Waals surface area contributed by atoms with Crippen LogP contribution in [0.1, 0.15) is 45.2 Å². The van der Waals surface area contributed by atoms with Gasteiger partial charge in [-0.05, 0) is 63.9 Å². The fourth-order valence-corrected chi connectivity index (χ4v) is 2.30. The van der Waals surface area contributed by atoms with Crippen molar-refractivity contribution >= 4 is 5.69 Å². The van der Waals surface area contributed by atoms with E-state index in [1.165, 1.54) is 23.2 Å². The molecule has 2 heteroatoms. The fraction of sp³-hybridized carbons (Fsp3) is 0.625. The molecule has 1 aromatic carbocycles. The predicted molar refractivity (Wildman–Crippen MR) is 81.3 cm³/mol. The van der Waals surface area contributed by atoms with E-state index >= 15 is 0 Å². The van der Waals surface area contributed by atoms with Crippen LogP contribution >= 0.6 is 0 Å². The van der Waals surface area contributed by atoms with Crippen molar-refractivity contribution < 1.29 is 0 Å². The standard InChI is InChI=1S/C16H28N2/c1-6-10-17-12-15-8-9-16(11-14(15)5)18(7-2)13(3)4/h8-9,11,13,17H,6-7,10,12H2,1-5H3. The summed E-state index contributed by atoms with van der Waals surface area (Å²) in [6.07, 6.45) is 1.19. The molecule has 0 radical (unpaired) electrons. The van der Waals surface area contributed by atoms with Crippen LogP contribution in [0.2, 0.25) is 0 Å².